The molecule has 1 aliphatic rings. The molecule has 1 amide bonds. The zero-order chi connectivity index (χ0) is 11.3. The van der Waals surface area contributed by atoms with E-state index in [1.165, 1.54) is 0 Å². The van der Waals surface area contributed by atoms with Gasteiger partial charge in [-0.1, -0.05) is 0 Å². The van der Waals surface area contributed by atoms with Gasteiger partial charge in [-0.25, -0.2) is 0 Å². The fourth-order valence-corrected chi connectivity index (χ4v) is 1.78. The molecule has 82 valence electrons. The predicted octanol–water partition coefficient (Wildman–Crippen LogP) is 0.913. The van der Waals surface area contributed by atoms with Gasteiger partial charge in [0.05, 0.1) is 12.0 Å². The summed E-state index contributed by atoms with van der Waals surface area (Å²) in [6, 6.07) is 0. The second-order valence-electron chi connectivity index (χ2n) is 3.96. The van der Waals surface area contributed by atoms with Gasteiger partial charge in [0.1, 0.15) is 0 Å². The van der Waals surface area contributed by atoms with E-state index in [-0.39, 0.29) is 18.7 Å². The molecule has 0 radical (unpaired) electrons. The number of aliphatic carboxylic acids is 1. The molecule has 4 heteroatoms. The van der Waals surface area contributed by atoms with Crippen LogP contribution in [0, 0.1) is 12.3 Å². The van der Waals surface area contributed by atoms with Crippen molar-refractivity contribution in [2.45, 2.75) is 44.1 Å². The van der Waals surface area contributed by atoms with Gasteiger partial charge in [-0.2, -0.15) is 0 Å². The maximum atomic E-state index is 11.4. The number of nitrogens with one attached hydrogen (secondary N) is 1. The number of hydrogen-bond acceptors (Lipinski definition) is 2. The number of carbonyl (C=O) groups excluding carboxylic acids is 1. The summed E-state index contributed by atoms with van der Waals surface area (Å²) in [5.74, 6) is 1.37. The molecule has 4 nitrogen and oxygen atoms in total. The summed E-state index contributed by atoms with van der Waals surface area (Å²) in [4.78, 5) is 22.0. The van der Waals surface area contributed by atoms with Crippen molar-refractivity contribution in [1.29, 1.82) is 0 Å². The van der Waals surface area contributed by atoms with Crippen LogP contribution in [0.1, 0.15) is 38.5 Å². The van der Waals surface area contributed by atoms with Gasteiger partial charge in [-0.15, -0.1) is 12.3 Å². The number of rotatable bonds is 5. The van der Waals surface area contributed by atoms with Crippen LogP contribution in [0.5, 0.6) is 0 Å². The minimum absolute atomic E-state index is 0.00872. The van der Waals surface area contributed by atoms with Crippen LogP contribution < -0.4 is 5.32 Å². The first kappa shape index (κ1) is 11.6. The molecule has 1 saturated carbocycles. The number of carbonyl (C=O) groups is 2. The molecule has 0 aliphatic heterocycles. The van der Waals surface area contributed by atoms with E-state index in [9.17, 15) is 9.59 Å². The average Bonchev–Trinajstić information content (AvgIpc) is 2.10. The number of amides is 1. The van der Waals surface area contributed by atoms with E-state index in [0.29, 0.717) is 6.42 Å². The van der Waals surface area contributed by atoms with Crippen LogP contribution in [0.3, 0.4) is 0 Å². The lowest BCUT2D eigenvalue weighted by Gasteiger charge is -2.41. The summed E-state index contributed by atoms with van der Waals surface area (Å²) in [7, 11) is 0. The van der Waals surface area contributed by atoms with Crippen LogP contribution in [0.15, 0.2) is 0 Å². The van der Waals surface area contributed by atoms with E-state index >= 15 is 0 Å². The third kappa shape index (κ3) is 3.28. The maximum absolute atomic E-state index is 11.4. The average molecular weight is 209 g/mol. The maximum Gasteiger partial charge on any atom is 0.305 e. The summed E-state index contributed by atoms with van der Waals surface area (Å²) in [5.41, 5.74) is -0.502. The molecule has 0 heterocycles. The normalized spacial score (nSPS) is 17.3. The molecule has 0 spiro atoms. The Labute approximate surface area is 89.0 Å². The highest BCUT2D eigenvalue weighted by Crippen LogP contribution is 2.34. The fourth-order valence-electron chi connectivity index (χ4n) is 1.78. The lowest BCUT2D eigenvalue weighted by molar-refractivity contribution is -0.140. The van der Waals surface area contributed by atoms with Crippen LogP contribution in [0.25, 0.3) is 0 Å². The molecule has 0 aromatic rings. The molecule has 0 atom stereocenters. The Bertz CT molecular complexity index is 299. The predicted molar refractivity (Wildman–Crippen MR) is 55.0 cm³/mol. The van der Waals surface area contributed by atoms with E-state index in [0.717, 1.165) is 19.3 Å². The van der Waals surface area contributed by atoms with E-state index in [2.05, 4.69) is 11.2 Å². The van der Waals surface area contributed by atoms with Crippen LogP contribution in [0.2, 0.25) is 0 Å². The Morgan fingerprint density at radius 2 is 2.13 bits per heavy atom. The fraction of sp³-hybridized carbons (Fsp3) is 0.636. The number of carboxylic acid groups (broad SMARTS) is 1. The molecular weight excluding hydrogens is 194 g/mol. The van der Waals surface area contributed by atoms with Crippen LogP contribution in [-0.2, 0) is 9.59 Å². The zero-order valence-electron chi connectivity index (χ0n) is 8.58. The quantitative estimate of drug-likeness (QED) is 0.661. The largest absolute Gasteiger partial charge is 0.481 e. The minimum Gasteiger partial charge on any atom is -0.481 e. The van der Waals surface area contributed by atoms with E-state index in [4.69, 9.17) is 11.5 Å². The summed E-state index contributed by atoms with van der Waals surface area (Å²) < 4.78 is 0. The SMILES string of the molecule is C#CCCC(=O)NC1(CC(=O)O)CCC1. The molecule has 1 fully saturated rings. The summed E-state index contributed by atoms with van der Waals surface area (Å²) in [6.07, 6.45) is 8.20. The van der Waals surface area contributed by atoms with E-state index in [1.807, 2.05) is 0 Å². The molecule has 0 aromatic carbocycles. The molecule has 15 heavy (non-hydrogen) atoms. The first-order valence-corrected chi connectivity index (χ1v) is 5.04. The van der Waals surface area contributed by atoms with E-state index < -0.39 is 11.5 Å². The third-order valence-corrected chi connectivity index (χ3v) is 2.70. The van der Waals surface area contributed by atoms with Crippen LogP contribution in [0.4, 0.5) is 0 Å². The van der Waals surface area contributed by atoms with Gasteiger partial charge in [0, 0.05) is 12.8 Å². The molecule has 0 bridgehead atoms. The van der Waals surface area contributed by atoms with Crippen molar-refractivity contribution >= 4 is 11.9 Å². The molecule has 0 unspecified atom stereocenters. The molecule has 1 aliphatic carbocycles. The first-order valence-electron chi connectivity index (χ1n) is 5.04. The Hall–Kier alpha value is -1.50. The minimum atomic E-state index is -0.869. The Morgan fingerprint density at radius 1 is 1.47 bits per heavy atom. The highest BCUT2D eigenvalue weighted by Gasteiger charge is 2.39. The Kier molecular flexibility index (Phi) is 3.73. The van der Waals surface area contributed by atoms with Crippen molar-refractivity contribution in [2.24, 2.45) is 0 Å². The van der Waals surface area contributed by atoms with Gasteiger partial charge < -0.3 is 10.4 Å². The first-order chi connectivity index (χ1) is 7.08. The van der Waals surface area contributed by atoms with Gasteiger partial charge in [0.15, 0.2) is 0 Å². The van der Waals surface area contributed by atoms with Crippen molar-refractivity contribution in [2.75, 3.05) is 0 Å². The van der Waals surface area contributed by atoms with Crippen LogP contribution in [-0.4, -0.2) is 22.5 Å². The van der Waals surface area contributed by atoms with Gasteiger partial charge >= 0.3 is 5.97 Å². The standard InChI is InChI=1S/C11H15NO3/c1-2-3-5-9(13)12-11(6-4-7-11)8-10(14)15/h1H,3-8H2,(H,12,13)(H,14,15). The highest BCUT2D eigenvalue weighted by atomic mass is 16.4. The van der Waals surface area contributed by atoms with Crippen molar-refractivity contribution in [1.82, 2.24) is 5.32 Å². The van der Waals surface area contributed by atoms with Gasteiger partial charge in [-0.05, 0) is 19.3 Å². The molecule has 0 saturated heterocycles. The number of terminal acetylenes is 1. The molecule has 2 N–H and O–H groups in total. The van der Waals surface area contributed by atoms with Gasteiger partial charge in [0.25, 0.3) is 0 Å². The Balaban J connectivity index is 2.43. The topological polar surface area (TPSA) is 66.4 Å². The van der Waals surface area contributed by atoms with Gasteiger partial charge in [0.2, 0.25) is 5.91 Å². The Morgan fingerprint density at radius 3 is 2.53 bits per heavy atom. The van der Waals surface area contributed by atoms with Crippen molar-refractivity contribution < 1.29 is 14.7 Å². The van der Waals surface area contributed by atoms with Gasteiger partial charge in [-0.3, -0.25) is 9.59 Å². The van der Waals surface area contributed by atoms with Crippen molar-refractivity contribution in [3.05, 3.63) is 0 Å². The second-order valence-corrected chi connectivity index (χ2v) is 3.96. The summed E-state index contributed by atoms with van der Waals surface area (Å²) >= 11 is 0. The molecule has 1 rings (SSSR count). The highest BCUT2D eigenvalue weighted by molar-refractivity contribution is 5.78. The number of carboxylic acids is 1. The smallest absolute Gasteiger partial charge is 0.305 e. The van der Waals surface area contributed by atoms with E-state index in [1.54, 1.807) is 0 Å². The third-order valence-electron chi connectivity index (χ3n) is 2.70. The molecular formula is C11H15NO3. The van der Waals surface area contributed by atoms with Crippen molar-refractivity contribution in [3.63, 3.8) is 0 Å². The second kappa shape index (κ2) is 4.83. The van der Waals surface area contributed by atoms with Crippen LogP contribution >= 0.6 is 0 Å². The lowest BCUT2D eigenvalue weighted by Crippen LogP contribution is -2.54. The van der Waals surface area contributed by atoms with Crippen molar-refractivity contribution in [3.8, 4) is 12.3 Å². The zero-order valence-corrected chi connectivity index (χ0v) is 8.58. The summed E-state index contributed by atoms with van der Waals surface area (Å²) in [6.45, 7) is 0. The monoisotopic (exact) mass is 209 g/mol. The summed E-state index contributed by atoms with van der Waals surface area (Å²) in [5, 5.41) is 11.5. The number of hydrogen-bond donors (Lipinski definition) is 2. The lowest BCUT2D eigenvalue weighted by atomic mass is 9.74. The molecule has 0 aromatic heterocycles.